The number of anilines is 1. The molecule has 1 aliphatic heterocycles. The molecule has 0 spiro atoms. The third-order valence-corrected chi connectivity index (χ3v) is 4.12. The standard InChI is InChI=1S/C11H10N2O2S/c1-7-6-16(15)9-4-2-3-8(5-12)10(9)13-11(7)14/h2-4,7H,6H2,1H3,(H,13,14). The number of amides is 1. The van der Waals surface area contributed by atoms with E-state index in [1.807, 2.05) is 6.07 Å². The molecule has 1 amide bonds. The van der Waals surface area contributed by atoms with Crippen LogP contribution in [0.4, 0.5) is 5.69 Å². The number of rotatable bonds is 0. The van der Waals surface area contributed by atoms with Gasteiger partial charge in [-0.05, 0) is 12.1 Å². The van der Waals surface area contributed by atoms with Crippen molar-refractivity contribution >= 4 is 22.4 Å². The Morgan fingerprint density at radius 3 is 3.00 bits per heavy atom. The second-order valence-corrected chi connectivity index (χ2v) is 5.16. The Hall–Kier alpha value is -1.67. The third-order valence-electron chi connectivity index (χ3n) is 2.49. The molecule has 1 heterocycles. The fourth-order valence-corrected chi connectivity index (χ4v) is 2.99. The summed E-state index contributed by atoms with van der Waals surface area (Å²) in [6, 6.07) is 6.96. The number of benzene rings is 1. The summed E-state index contributed by atoms with van der Waals surface area (Å²) in [4.78, 5) is 12.2. The molecular weight excluding hydrogens is 224 g/mol. The Morgan fingerprint density at radius 2 is 2.31 bits per heavy atom. The van der Waals surface area contributed by atoms with Gasteiger partial charge in [0, 0.05) is 11.7 Å². The van der Waals surface area contributed by atoms with E-state index in [4.69, 9.17) is 5.26 Å². The fourth-order valence-electron chi connectivity index (χ4n) is 1.58. The van der Waals surface area contributed by atoms with Crippen LogP contribution < -0.4 is 5.32 Å². The van der Waals surface area contributed by atoms with E-state index in [1.54, 1.807) is 25.1 Å². The molecule has 0 aliphatic carbocycles. The second kappa shape index (κ2) is 4.06. The molecule has 0 saturated carbocycles. The summed E-state index contributed by atoms with van der Waals surface area (Å²) < 4.78 is 11.9. The first-order chi connectivity index (χ1) is 7.63. The van der Waals surface area contributed by atoms with Gasteiger partial charge in [0.25, 0.3) is 0 Å². The van der Waals surface area contributed by atoms with Crippen molar-refractivity contribution in [2.45, 2.75) is 11.8 Å². The van der Waals surface area contributed by atoms with Crippen molar-refractivity contribution in [2.24, 2.45) is 5.92 Å². The zero-order valence-electron chi connectivity index (χ0n) is 8.69. The highest BCUT2D eigenvalue weighted by atomic mass is 32.2. The summed E-state index contributed by atoms with van der Waals surface area (Å²) in [6.45, 7) is 1.73. The number of para-hydroxylation sites is 1. The van der Waals surface area contributed by atoms with Crippen LogP contribution in [-0.2, 0) is 15.6 Å². The number of nitrogens with one attached hydrogen (secondary N) is 1. The van der Waals surface area contributed by atoms with E-state index >= 15 is 0 Å². The van der Waals surface area contributed by atoms with Crippen molar-refractivity contribution in [2.75, 3.05) is 11.1 Å². The number of carbonyl (C=O) groups is 1. The molecule has 0 fully saturated rings. The first-order valence-corrected chi connectivity index (χ1v) is 6.17. The number of carbonyl (C=O) groups excluding carboxylic acids is 1. The number of nitrogens with zero attached hydrogens (tertiary/aromatic N) is 1. The number of hydrogen-bond acceptors (Lipinski definition) is 3. The Kier molecular flexibility index (Phi) is 2.75. The largest absolute Gasteiger partial charge is 0.324 e. The maximum atomic E-state index is 11.9. The minimum atomic E-state index is -1.23. The van der Waals surface area contributed by atoms with E-state index in [2.05, 4.69) is 5.32 Å². The molecular formula is C11H10N2O2S. The van der Waals surface area contributed by atoms with Crippen LogP contribution in [0.3, 0.4) is 0 Å². The number of nitriles is 1. The quantitative estimate of drug-likeness (QED) is 0.734. The van der Waals surface area contributed by atoms with Gasteiger partial charge in [-0.2, -0.15) is 5.26 Å². The predicted octanol–water partition coefficient (Wildman–Crippen LogP) is 1.25. The van der Waals surface area contributed by atoms with Crippen LogP contribution >= 0.6 is 0 Å². The third kappa shape index (κ3) is 1.72. The van der Waals surface area contributed by atoms with Crippen LogP contribution in [-0.4, -0.2) is 15.9 Å². The SMILES string of the molecule is CC1CS(=O)c2cccc(C#N)c2NC1=O. The first kappa shape index (κ1) is 10.8. The topological polar surface area (TPSA) is 70.0 Å². The lowest BCUT2D eigenvalue weighted by molar-refractivity contribution is -0.118. The van der Waals surface area contributed by atoms with Gasteiger partial charge in [-0.15, -0.1) is 0 Å². The number of hydrogen-bond donors (Lipinski definition) is 1. The molecule has 1 aromatic rings. The van der Waals surface area contributed by atoms with Gasteiger partial charge in [0.1, 0.15) is 6.07 Å². The summed E-state index contributed by atoms with van der Waals surface area (Å²) >= 11 is 0. The van der Waals surface area contributed by atoms with Gasteiger partial charge in [0.05, 0.1) is 26.9 Å². The van der Waals surface area contributed by atoms with Crippen molar-refractivity contribution in [3.8, 4) is 6.07 Å². The Morgan fingerprint density at radius 1 is 1.56 bits per heavy atom. The minimum Gasteiger partial charge on any atom is -0.324 e. The monoisotopic (exact) mass is 234 g/mol. The smallest absolute Gasteiger partial charge is 0.228 e. The van der Waals surface area contributed by atoms with Gasteiger partial charge in [0.15, 0.2) is 0 Å². The Bertz CT molecular complexity index is 519. The highest BCUT2D eigenvalue weighted by molar-refractivity contribution is 7.85. The first-order valence-electron chi connectivity index (χ1n) is 4.86. The Balaban J connectivity index is 2.61. The van der Waals surface area contributed by atoms with Gasteiger partial charge in [0.2, 0.25) is 5.91 Å². The normalized spacial score (nSPS) is 23.9. The van der Waals surface area contributed by atoms with Crippen molar-refractivity contribution in [3.05, 3.63) is 23.8 Å². The lowest BCUT2D eigenvalue weighted by Crippen LogP contribution is -2.21. The Labute approximate surface area is 95.7 Å². The van der Waals surface area contributed by atoms with Crippen LogP contribution in [0.5, 0.6) is 0 Å². The van der Waals surface area contributed by atoms with E-state index in [0.29, 0.717) is 21.9 Å². The van der Waals surface area contributed by atoms with E-state index in [1.165, 1.54) is 0 Å². The van der Waals surface area contributed by atoms with Crippen LogP contribution in [0.15, 0.2) is 23.1 Å². The van der Waals surface area contributed by atoms with Gasteiger partial charge in [-0.3, -0.25) is 9.00 Å². The summed E-state index contributed by atoms with van der Waals surface area (Å²) in [7, 11) is -1.23. The van der Waals surface area contributed by atoms with Crippen molar-refractivity contribution in [1.82, 2.24) is 0 Å². The molecule has 4 nitrogen and oxygen atoms in total. The summed E-state index contributed by atoms with van der Waals surface area (Å²) in [5.74, 6) is -0.192. The molecule has 16 heavy (non-hydrogen) atoms. The molecule has 2 unspecified atom stereocenters. The average molecular weight is 234 g/mol. The molecule has 0 bridgehead atoms. The van der Waals surface area contributed by atoms with Crippen molar-refractivity contribution in [1.29, 1.82) is 5.26 Å². The summed E-state index contributed by atoms with van der Waals surface area (Å²) in [6.07, 6.45) is 0. The van der Waals surface area contributed by atoms with Gasteiger partial charge < -0.3 is 5.32 Å². The van der Waals surface area contributed by atoms with Crippen LogP contribution in [0, 0.1) is 17.2 Å². The summed E-state index contributed by atoms with van der Waals surface area (Å²) in [5, 5.41) is 11.6. The average Bonchev–Trinajstić information content (AvgIpc) is 2.38. The molecule has 1 aromatic carbocycles. The molecule has 2 rings (SSSR count). The molecule has 0 saturated heterocycles. The molecule has 82 valence electrons. The number of fused-ring (bicyclic) bond motifs is 1. The van der Waals surface area contributed by atoms with Crippen LogP contribution in [0.2, 0.25) is 0 Å². The van der Waals surface area contributed by atoms with Crippen molar-refractivity contribution < 1.29 is 9.00 Å². The lowest BCUT2D eigenvalue weighted by atomic mass is 10.1. The van der Waals surface area contributed by atoms with E-state index in [0.717, 1.165) is 0 Å². The maximum absolute atomic E-state index is 11.9. The van der Waals surface area contributed by atoms with Crippen LogP contribution in [0.1, 0.15) is 12.5 Å². The molecule has 0 aromatic heterocycles. The van der Waals surface area contributed by atoms with Gasteiger partial charge >= 0.3 is 0 Å². The van der Waals surface area contributed by atoms with Crippen LogP contribution in [0.25, 0.3) is 0 Å². The zero-order valence-corrected chi connectivity index (χ0v) is 9.50. The maximum Gasteiger partial charge on any atom is 0.228 e. The summed E-state index contributed by atoms with van der Waals surface area (Å²) in [5.41, 5.74) is 0.756. The molecule has 0 radical (unpaired) electrons. The highest BCUT2D eigenvalue weighted by Gasteiger charge is 2.26. The van der Waals surface area contributed by atoms with Gasteiger partial charge in [-0.1, -0.05) is 13.0 Å². The zero-order chi connectivity index (χ0) is 11.7. The fraction of sp³-hybridized carbons (Fsp3) is 0.273. The van der Waals surface area contributed by atoms with Gasteiger partial charge in [-0.25, -0.2) is 0 Å². The van der Waals surface area contributed by atoms with E-state index in [-0.39, 0.29) is 11.8 Å². The van der Waals surface area contributed by atoms with E-state index in [9.17, 15) is 9.00 Å². The van der Waals surface area contributed by atoms with Crippen molar-refractivity contribution in [3.63, 3.8) is 0 Å². The molecule has 2 atom stereocenters. The molecule has 1 aliphatic rings. The molecule has 5 heteroatoms. The predicted molar refractivity (Wildman–Crippen MR) is 60.2 cm³/mol. The minimum absolute atomic E-state index is 0.185. The van der Waals surface area contributed by atoms with E-state index < -0.39 is 10.8 Å². The molecule has 1 N–H and O–H groups in total. The second-order valence-electron chi connectivity index (χ2n) is 3.69. The highest BCUT2D eigenvalue weighted by Crippen LogP contribution is 2.28. The lowest BCUT2D eigenvalue weighted by Gasteiger charge is -2.07.